The fourth-order valence-electron chi connectivity index (χ4n) is 5.00. The van der Waals surface area contributed by atoms with Crippen molar-refractivity contribution in [2.45, 2.75) is 76.3 Å². The molecule has 6 heteroatoms. The molecule has 1 aliphatic heterocycles. The third-order valence-electron chi connectivity index (χ3n) is 6.57. The molecular weight excluding hydrogens is 396 g/mol. The zero-order chi connectivity index (χ0) is 22.2. The molecule has 0 aromatic heterocycles. The van der Waals surface area contributed by atoms with Gasteiger partial charge in [0, 0.05) is 12.3 Å². The first-order chi connectivity index (χ1) is 15.0. The Hall–Kier alpha value is -1.89. The summed E-state index contributed by atoms with van der Waals surface area (Å²) in [5.74, 6) is -0.283. The number of para-hydroxylation sites is 1. The molecule has 0 spiro atoms. The van der Waals surface area contributed by atoms with Gasteiger partial charge in [-0.3, -0.25) is 4.79 Å². The summed E-state index contributed by atoms with van der Waals surface area (Å²) >= 11 is 0. The van der Waals surface area contributed by atoms with Crippen molar-refractivity contribution in [3.63, 3.8) is 0 Å². The Bertz CT molecular complexity index is 705. The second-order valence-electron chi connectivity index (χ2n) is 8.91. The van der Waals surface area contributed by atoms with Gasteiger partial charge in [0.2, 0.25) is 0 Å². The predicted octanol–water partition coefficient (Wildman–Crippen LogP) is 3.81. The van der Waals surface area contributed by atoms with Gasteiger partial charge in [-0.05, 0) is 43.7 Å². The van der Waals surface area contributed by atoms with Crippen molar-refractivity contribution >= 4 is 5.97 Å². The van der Waals surface area contributed by atoms with Gasteiger partial charge in [0.1, 0.15) is 18.5 Å². The number of carboxylic acids is 1. The number of hydrogen-bond donors (Lipinski definition) is 3. The molecular formula is C25H36O6. The molecule has 31 heavy (non-hydrogen) atoms. The Balaban J connectivity index is 1.54. The summed E-state index contributed by atoms with van der Waals surface area (Å²) in [6.45, 7) is 2.16. The van der Waals surface area contributed by atoms with Gasteiger partial charge in [-0.25, -0.2) is 0 Å². The molecule has 172 valence electrons. The van der Waals surface area contributed by atoms with Gasteiger partial charge in [-0.15, -0.1) is 0 Å². The lowest BCUT2D eigenvalue weighted by Gasteiger charge is -2.25. The highest BCUT2D eigenvalue weighted by molar-refractivity contribution is 5.69. The summed E-state index contributed by atoms with van der Waals surface area (Å²) in [5.41, 5.74) is 0. The minimum Gasteiger partial charge on any atom is -0.491 e. The van der Waals surface area contributed by atoms with E-state index in [1.54, 1.807) is 6.08 Å². The Morgan fingerprint density at radius 1 is 1.29 bits per heavy atom. The molecule has 0 amide bonds. The number of carbonyl (C=O) groups is 1. The number of aliphatic carboxylic acids is 1. The van der Waals surface area contributed by atoms with Crippen molar-refractivity contribution in [3.8, 4) is 5.75 Å². The van der Waals surface area contributed by atoms with E-state index < -0.39 is 18.2 Å². The Morgan fingerprint density at radius 2 is 2.06 bits per heavy atom. The molecule has 1 aromatic carbocycles. The van der Waals surface area contributed by atoms with Gasteiger partial charge in [-0.2, -0.15) is 0 Å². The minimum atomic E-state index is -0.753. The fraction of sp³-hybridized carbons (Fsp3) is 0.640. The minimum absolute atomic E-state index is 0.0640. The number of aliphatic hydroxyl groups excluding tert-OH is 2. The van der Waals surface area contributed by atoms with Gasteiger partial charge < -0.3 is 24.8 Å². The van der Waals surface area contributed by atoms with E-state index in [0.717, 1.165) is 25.7 Å². The van der Waals surface area contributed by atoms with E-state index in [0.29, 0.717) is 25.0 Å². The predicted molar refractivity (Wildman–Crippen MR) is 118 cm³/mol. The fourth-order valence-corrected chi connectivity index (χ4v) is 5.00. The van der Waals surface area contributed by atoms with Crippen LogP contribution in [0.4, 0.5) is 0 Å². The molecule has 6 nitrogen and oxygen atoms in total. The van der Waals surface area contributed by atoms with Crippen LogP contribution in [0.3, 0.4) is 0 Å². The first kappa shape index (κ1) is 23.8. The zero-order valence-electron chi connectivity index (χ0n) is 18.3. The van der Waals surface area contributed by atoms with E-state index in [9.17, 15) is 20.1 Å². The maximum atomic E-state index is 11.5. The van der Waals surface area contributed by atoms with Crippen LogP contribution in [0.5, 0.6) is 5.75 Å². The summed E-state index contributed by atoms with van der Waals surface area (Å²) in [6.07, 6.45) is 7.59. The van der Waals surface area contributed by atoms with Crippen LogP contribution in [0.1, 0.15) is 51.9 Å². The number of ether oxygens (including phenoxy) is 2. The summed E-state index contributed by atoms with van der Waals surface area (Å²) < 4.78 is 11.9. The van der Waals surface area contributed by atoms with E-state index in [-0.39, 0.29) is 36.6 Å². The highest BCUT2D eigenvalue weighted by Crippen LogP contribution is 2.42. The van der Waals surface area contributed by atoms with Crippen LogP contribution < -0.4 is 4.74 Å². The van der Waals surface area contributed by atoms with Crippen LogP contribution in [0.15, 0.2) is 42.5 Å². The van der Waals surface area contributed by atoms with Gasteiger partial charge >= 0.3 is 5.97 Å². The first-order valence-corrected chi connectivity index (χ1v) is 11.6. The second kappa shape index (κ2) is 11.7. The largest absolute Gasteiger partial charge is 0.491 e. The SMILES string of the molecule is CCCC(C[C@@H]1CCC[C@@H]2[C@@H](/C=C/[C@@H](O)COc3ccccc3)[C@H](O)C[C@@H]2O1)C(=O)O. The smallest absolute Gasteiger partial charge is 0.306 e. The standard InChI is InChI=1S/C25H36O6/c1-2-7-17(25(28)29)14-20-10-6-11-22-21(23(27)15-24(22)31-20)13-12-18(26)16-30-19-8-4-3-5-9-19/h3-5,8-9,12-13,17-18,20-24,26-27H,2,6-7,10-11,14-16H2,1H3,(H,28,29)/b13-12+/t17?,18-,20+,21-,22-,23-,24+/m1/s1. The molecule has 7 atom stereocenters. The number of benzene rings is 1. The average molecular weight is 433 g/mol. The summed E-state index contributed by atoms with van der Waals surface area (Å²) in [5, 5.41) is 30.4. The molecule has 0 radical (unpaired) electrons. The highest BCUT2D eigenvalue weighted by atomic mass is 16.5. The molecule has 3 N–H and O–H groups in total. The van der Waals surface area contributed by atoms with Crippen LogP contribution in [-0.2, 0) is 9.53 Å². The maximum absolute atomic E-state index is 11.5. The van der Waals surface area contributed by atoms with Crippen LogP contribution >= 0.6 is 0 Å². The van der Waals surface area contributed by atoms with Crippen LogP contribution in [0, 0.1) is 17.8 Å². The van der Waals surface area contributed by atoms with Crippen molar-refractivity contribution in [1.29, 1.82) is 0 Å². The summed E-state index contributed by atoms with van der Waals surface area (Å²) in [6, 6.07) is 9.36. The first-order valence-electron chi connectivity index (χ1n) is 11.6. The number of fused-ring (bicyclic) bond motifs is 1. The van der Waals surface area contributed by atoms with Crippen LogP contribution in [0.2, 0.25) is 0 Å². The lowest BCUT2D eigenvalue weighted by molar-refractivity contribution is -0.144. The molecule has 1 unspecified atom stereocenters. The van der Waals surface area contributed by atoms with Gasteiger partial charge in [0.15, 0.2) is 0 Å². The van der Waals surface area contributed by atoms with E-state index in [1.165, 1.54) is 0 Å². The van der Waals surface area contributed by atoms with Crippen molar-refractivity contribution in [1.82, 2.24) is 0 Å². The average Bonchev–Trinajstić information content (AvgIpc) is 2.91. The van der Waals surface area contributed by atoms with E-state index >= 15 is 0 Å². The molecule has 1 aliphatic carbocycles. The van der Waals surface area contributed by atoms with Crippen molar-refractivity contribution < 1.29 is 29.6 Å². The zero-order valence-corrected chi connectivity index (χ0v) is 18.3. The summed E-state index contributed by atoms with van der Waals surface area (Å²) in [7, 11) is 0. The quantitative estimate of drug-likeness (QED) is 0.487. The van der Waals surface area contributed by atoms with E-state index in [2.05, 4.69) is 0 Å². The molecule has 1 saturated heterocycles. The number of aliphatic hydroxyl groups is 2. The number of carboxylic acid groups (broad SMARTS) is 1. The van der Waals surface area contributed by atoms with E-state index in [1.807, 2.05) is 43.3 Å². The molecule has 0 bridgehead atoms. The Kier molecular flexibility index (Phi) is 8.93. The third-order valence-corrected chi connectivity index (χ3v) is 6.57. The summed E-state index contributed by atoms with van der Waals surface area (Å²) in [4.78, 5) is 11.5. The van der Waals surface area contributed by atoms with Crippen molar-refractivity contribution in [3.05, 3.63) is 42.5 Å². The lowest BCUT2D eigenvalue weighted by Crippen LogP contribution is -2.27. The maximum Gasteiger partial charge on any atom is 0.306 e. The van der Waals surface area contributed by atoms with E-state index in [4.69, 9.17) is 9.47 Å². The molecule has 1 heterocycles. The Morgan fingerprint density at radius 3 is 2.77 bits per heavy atom. The van der Waals surface area contributed by atoms with Gasteiger partial charge in [0.05, 0.1) is 24.2 Å². The topological polar surface area (TPSA) is 96.2 Å². The monoisotopic (exact) mass is 432 g/mol. The van der Waals surface area contributed by atoms with Gasteiger partial charge in [-0.1, -0.05) is 50.1 Å². The van der Waals surface area contributed by atoms with Crippen molar-refractivity contribution in [2.24, 2.45) is 17.8 Å². The molecule has 1 aromatic rings. The molecule has 2 fully saturated rings. The Labute approximate surface area is 184 Å². The van der Waals surface area contributed by atoms with Crippen LogP contribution in [0.25, 0.3) is 0 Å². The lowest BCUT2D eigenvalue weighted by atomic mass is 9.88. The van der Waals surface area contributed by atoms with Crippen LogP contribution in [-0.4, -0.2) is 52.3 Å². The molecule has 2 aliphatic rings. The highest BCUT2D eigenvalue weighted by Gasteiger charge is 2.44. The molecule has 3 rings (SSSR count). The second-order valence-corrected chi connectivity index (χ2v) is 8.91. The normalized spacial score (nSPS) is 30.5. The van der Waals surface area contributed by atoms with Gasteiger partial charge in [0.25, 0.3) is 0 Å². The number of hydrogen-bond acceptors (Lipinski definition) is 5. The van der Waals surface area contributed by atoms with Crippen molar-refractivity contribution in [2.75, 3.05) is 6.61 Å². The third kappa shape index (κ3) is 6.79. The molecule has 1 saturated carbocycles. The number of rotatable bonds is 10.